The molecule has 0 radical (unpaired) electrons. The van der Waals surface area contributed by atoms with Gasteiger partial charge in [0.1, 0.15) is 11.6 Å². The predicted molar refractivity (Wildman–Crippen MR) is 94.8 cm³/mol. The molecule has 0 saturated heterocycles. The number of Topliss-reactive ketones (excluding diaryl/α,β-unsaturated/α-hetero) is 2. The minimum absolute atomic E-state index is 0.0646. The fourth-order valence-electron chi connectivity index (χ4n) is 2.65. The Kier molecular flexibility index (Phi) is 4.95. The number of carbonyl (C=O) groups is 3. The van der Waals surface area contributed by atoms with Gasteiger partial charge in [-0.15, -0.1) is 11.6 Å². The first kappa shape index (κ1) is 16.9. The second-order valence-electron chi connectivity index (χ2n) is 5.47. The van der Waals surface area contributed by atoms with Crippen LogP contribution in [0.25, 0.3) is 5.70 Å². The molecule has 0 heterocycles. The Morgan fingerprint density at radius 1 is 0.840 bits per heavy atom. The van der Waals surface area contributed by atoms with Crippen LogP contribution < -0.4 is 10.6 Å². The van der Waals surface area contributed by atoms with Crippen molar-refractivity contribution in [1.29, 1.82) is 0 Å². The Morgan fingerprint density at radius 3 is 2.16 bits per heavy atom. The van der Waals surface area contributed by atoms with E-state index in [-0.39, 0.29) is 11.6 Å². The zero-order valence-electron chi connectivity index (χ0n) is 13.2. The summed E-state index contributed by atoms with van der Waals surface area (Å²) >= 11 is 5.52. The molecule has 1 aliphatic rings. The summed E-state index contributed by atoms with van der Waals surface area (Å²) in [4.78, 5) is 36.5. The van der Waals surface area contributed by atoms with Gasteiger partial charge in [0.05, 0.1) is 5.70 Å². The molecule has 0 fully saturated rings. The molecule has 2 N–H and O–H groups in total. The third-order valence-corrected chi connectivity index (χ3v) is 4.06. The lowest BCUT2D eigenvalue weighted by Gasteiger charge is -2.23. The number of alkyl halides is 1. The highest BCUT2D eigenvalue weighted by Gasteiger charge is 2.33. The Hall–Kier alpha value is -2.92. The largest absolute Gasteiger partial charge is 0.379 e. The summed E-state index contributed by atoms with van der Waals surface area (Å²) in [5, 5.41) is 5.63. The molecule has 2 aromatic rings. The van der Waals surface area contributed by atoms with Crippen LogP contribution in [0.2, 0.25) is 0 Å². The normalized spacial score (nSPS) is 13.5. The van der Waals surface area contributed by atoms with Gasteiger partial charge in [-0.1, -0.05) is 54.6 Å². The van der Waals surface area contributed by atoms with Gasteiger partial charge in [-0.25, -0.2) is 0 Å². The molecule has 0 bridgehead atoms. The zero-order chi connectivity index (χ0) is 17.8. The monoisotopic (exact) mass is 354 g/mol. The third-order valence-electron chi connectivity index (χ3n) is 3.82. The Bertz CT molecular complexity index is 875. The van der Waals surface area contributed by atoms with E-state index in [1.54, 1.807) is 24.3 Å². The number of allylic oxidation sites excluding steroid dienone is 1. The zero-order valence-corrected chi connectivity index (χ0v) is 14.0. The van der Waals surface area contributed by atoms with E-state index in [0.717, 1.165) is 5.56 Å². The van der Waals surface area contributed by atoms with Crippen molar-refractivity contribution in [2.75, 3.05) is 5.88 Å². The van der Waals surface area contributed by atoms with E-state index in [9.17, 15) is 14.4 Å². The lowest BCUT2D eigenvalue weighted by atomic mass is 9.90. The molecule has 126 valence electrons. The first-order chi connectivity index (χ1) is 12.1. The van der Waals surface area contributed by atoms with Gasteiger partial charge in [0, 0.05) is 17.7 Å². The Labute approximate surface area is 149 Å². The van der Waals surface area contributed by atoms with Crippen LogP contribution in [-0.2, 0) is 16.1 Å². The summed E-state index contributed by atoms with van der Waals surface area (Å²) in [5.41, 5.74) is 2.24. The van der Waals surface area contributed by atoms with Crippen LogP contribution in [0.4, 0.5) is 0 Å². The molecule has 0 saturated carbocycles. The van der Waals surface area contributed by atoms with Gasteiger partial charge in [-0.05, 0) is 5.56 Å². The SMILES string of the molecule is O=C(CCl)NC1=C(NCc2ccccc2)c2ccccc2C(=O)C1=O. The van der Waals surface area contributed by atoms with Crippen LogP contribution >= 0.6 is 11.6 Å². The van der Waals surface area contributed by atoms with Crippen molar-refractivity contribution >= 4 is 34.8 Å². The van der Waals surface area contributed by atoms with Crippen LogP contribution in [0, 0.1) is 0 Å². The molecule has 0 atom stereocenters. The molecule has 0 unspecified atom stereocenters. The average Bonchev–Trinajstić information content (AvgIpc) is 2.66. The van der Waals surface area contributed by atoms with Crippen molar-refractivity contribution in [3.8, 4) is 0 Å². The highest BCUT2D eigenvalue weighted by atomic mass is 35.5. The highest BCUT2D eigenvalue weighted by molar-refractivity contribution is 6.52. The first-order valence-electron chi connectivity index (χ1n) is 7.68. The molecule has 0 aliphatic heterocycles. The van der Waals surface area contributed by atoms with Gasteiger partial charge in [0.25, 0.3) is 5.78 Å². The van der Waals surface area contributed by atoms with E-state index >= 15 is 0 Å². The topological polar surface area (TPSA) is 75.3 Å². The van der Waals surface area contributed by atoms with Crippen molar-refractivity contribution < 1.29 is 14.4 Å². The van der Waals surface area contributed by atoms with Gasteiger partial charge in [0.2, 0.25) is 11.7 Å². The summed E-state index contributed by atoms with van der Waals surface area (Å²) in [6.45, 7) is 0.437. The Balaban J connectivity index is 2.03. The minimum atomic E-state index is -0.757. The van der Waals surface area contributed by atoms with Crippen LogP contribution in [0.15, 0.2) is 60.3 Å². The number of rotatable bonds is 5. The van der Waals surface area contributed by atoms with E-state index in [4.69, 9.17) is 11.6 Å². The summed E-state index contributed by atoms with van der Waals surface area (Å²) in [7, 11) is 0. The lowest BCUT2D eigenvalue weighted by molar-refractivity contribution is -0.120. The number of halogens is 1. The number of hydrogen-bond acceptors (Lipinski definition) is 4. The van der Waals surface area contributed by atoms with Crippen LogP contribution in [0.3, 0.4) is 0 Å². The molecular formula is C19H15ClN2O3. The lowest BCUT2D eigenvalue weighted by Crippen LogP contribution is -2.38. The first-order valence-corrected chi connectivity index (χ1v) is 8.21. The predicted octanol–water partition coefficient (Wildman–Crippen LogP) is 2.27. The second-order valence-corrected chi connectivity index (χ2v) is 5.74. The summed E-state index contributed by atoms with van der Waals surface area (Å²) < 4.78 is 0. The Morgan fingerprint density at radius 2 is 1.48 bits per heavy atom. The molecule has 5 nitrogen and oxygen atoms in total. The number of ketones is 2. The molecule has 6 heteroatoms. The van der Waals surface area contributed by atoms with Gasteiger partial charge in [0.15, 0.2) is 0 Å². The van der Waals surface area contributed by atoms with Gasteiger partial charge in [-0.2, -0.15) is 0 Å². The molecular weight excluding hydrogens is 340 g/mol. The summed E-state index contributed by atoms with van der Waals surface area (Å²) in [5.74, 6) is -2.26. The number of benzene rings is 2. The van der Waals surface area contributed by atoms with Crippen molar-refractivity contribution in [3.63, 3.8) is 0 Å². The second kappa shape index (κ2) is 7.32. The van der Waals surface area contributed by atoms with Crippen LogP contribution in [0.5, 0.6) is 0 Å². The smallest absolute Gasteiger partial charge is 0.251 e. The van der Waals surface area contributed by atoms with E-state index in [2.05, 4.69) is 10.6 Å². The van der Waals surface area contributed by atoms with Gasteiger partial charge in [-0.3, -0.25) is 14.4 Å². The molecule has 1 amide bonds. The maximum absolute atomic E-state index is 12.5. The van der Waals surface area contributed by atoms with E-state index in [0.29, 0.717) is 23.4 Å². The number of nitrogens with one attached hydrogen (secondary N) is 2. The third kappa shape index (κ3) is 3.46. The standard InChI is InChI=1S/C19H15ClN2O3/c20-10-15(23)22-17-16(21-11-12-6-2-1-3-7-12)13-8-4-5-9-14(13)18(24)19(17)25/h1-9,21H,10-11H2,(H,22,23). The van der Waals surface area contributed by atoms with Crippen molar-refractivity contribution in [2.45, 2.75) is 6.54 Å². The fraction of sp³-hybridized carbons (Fsp3) is 0.105. The molecule has 0 spiro atoms. The number of amides is 1. The maximum Gasteiger partial charge on any atom is 0.251 e. The number of fused-ring (bicyclic) bond motifs is 1. The van der Waals surface area contributed by atoms with E-state index in [1.165, 1.54) is 0 Å². The van der Waals surface area contributed by atoms with E-state index in [1.807, 2.05) is 30.3 Å². The number of hydrogen-bond donors (Lipinski definition) is 2. The number of carbonyl (C=O) groups excluding carboxylic acids is 3. The van der Waals surface area contributed by atoms with Crippen molar-refractivity contribution in [1.82, 2.24) is 10.6 Å². The van der Waals surface area contributed by atoms with Crippen LogP contribution in [-0.4, -0.2) is 23.4 Å². The van der Waals surface area contributed by atoms with Gasteiger partial charge >= 0.3 is 0 Å². The average molecular weight is 355 g/mol. The van der Waals surface area contributed by atoms with Crippen molar-refractivity contribution in [3.05, 3.63) is 77.0 Å². The van der Waals surface area contributed by atoms with E-state index < -0.39 is 17.5 Å². The molecule has 3 rings (SSSR count). The maximum atomic E-state index is 12.5. The highest BCUT2D eigenvalue weighted by Crippen LogP contribution is 2.27. The molecule has 2 aromatic carbocycles. The molecule has 0 aromatic heterocycles. The van der Waals surface area contributed by atoms with Crippen LogP contribution in [0.1, 0.15) is 21.5 Å². The van der Waals surface area contributed by atoms with Gasteiger partial charge < -0.3 is 10.6 Å². The summed E-state index contributed by atoms with van der Waals surface area (Å²) in [6, 6.07) is 16.4. The molecule has 1 aliphatic carbocycles. The minimum Gasteiger partial charge on any atom is -0.379 e. The van der Waals surface area contributed by atoms with Crippen molar-refractivity contribution in [2.24, 2.45) is 0 Å². The molecule has 25 heavy (non-hydrogen) atoms. The quantitative estimate of drug-likeness (QED) is 0.638. The summed E-state index contributed by atoms with van der Waals surface area (Å²) in [6.07, 6.45) is 0. The fourth-order valence-corrected chi connectivity index (χ4v) is 2.71.